The van der Waals surface area contributed by atoms with Crippen LogP contribution in [0.1, 0.15) is 51.3 Å². The van der Waals surface area contributed by atoms with Crippen molar-refractivity contribution in [3.8, 4) is 17.2 Å². The first kappa shape index (κ1) is 23.4. The summed E-state index contributed by atoms with van der Waals surface area (Å²) in [5, 5.41) is 12.7. The maximum Gasteiger partial charge on any atom is 0.308 e. The molecular formula is C24H34O6Si. The molecule has 0 saturated carbocycles. The molecule has 6 nitrogen and oxygen atoms in total. The molecule has 170 valence electrons. The molecule has 0 bridgehead atoms. The van der Waals surface area contributed by atoms with E-state index < -0.39 is 14.4 Å². The number of hydrogen-bond acceptors (Lipinski definition) is 6. The first-order chi connectivity index (χ1) is 14.4. The van der Waals surface area contributed by atoms with E-state index in [1.807, 2.05) is 25.1 Å². The van der Waals surface area contributed by atoms with Crippen molar-refractivity contribution < 1.29 is 28.5 Å². The average Bonchev–Trinajstić information content (AvgIpc) is 2.69. The highest BCUT2D eigenvalue weighted by Crippen LogP contribution is 2.51. The Hall–Kier alpha value is -2.25. The number of fused-ring (bicyclic) bond motifs is 2. The topological polar surface area (TPSA) is 74.2 Å². The summed E-state index contributed by atoms with van der Waals surface area (Å²) in [6.07, 6.45) is -0.149. The van der Waals surface area contributed by atoms with Crippen LogP contribution in [0.2, 0.25) is 18.1 Å². The zero-order valence-corrected chi connectivity index (χ0v) is 20.8. The van der Waals surface area contributed by atoms with Gasteiger partial charge in [-0.05, 0) is 31.1 Å². The molecule has 2 aromatic rings. The van der Waals surface area contributed by atoms with Crippen LogP contribution in [0.5, 0.6) is 17.2 Å². The van der Waals surface area contributed by atoms with Crippen LogP contribution in [0, 0.1) is 0 Å². The van der Waals surface area contributed by atoms with Crippen LogP contribution in [-0.2, 0) is 20.7 Å². The van der Waals surface area contributed by atoms with Crippen LogP contribution >= 0.6 is 0 Å². The molecule has 3 rings (SSSR count). The van der Waals surface area contributed by atoms with Crippen molar-refractivity contribution >= 4 is 25.1 Å². The van der Waals surface area contributed by atoms with Gasteiger partial charge in [0.05, 0.1) is 38.2 Å². The highest BCUT2D eigenvalue weighted by atomic mass is 28.4. The molecule has 0 saturated heterocycles. The second-order valence-electron chi connectivity index (χ2n) is 9.70. The fraction of sp³-hybridized carbons (Fsp3) is 0.542. The van der Waals surface area contributed by atoms with Crippen LogP contribution in [0.15, 0.2) is 18.2 Å². The third-order valence-electron chi connectivity index (χ3n) is 6.60. The Morgan fingerprint density at radius 1 is 1.26 bits per heavy atom. The first-order valence-corrected chi connectivity index (χ1v) is 13.6. The molecule has 0 aromatic heterocycles. The summed E-state index contributed by atoms with van der Waals surface area (Å²) in [5.74, 6) is 1.17. The van der Waals surface area contributed by atoms with E-state index >= 15 is 0 Å². The van der Waals surface area contributed by atoms with Crippen molar-refractivity contribution in [1.82, 2.24) is 0 Å². The molecule has 0 aliphatic carbocycles. The van der Waals surface area contributed by atoms with E-state index in [-0.39, 0.29) is 29.3 Å². The van der Waals surface area contributed by atoms with Gasteiger partial charge in [-0.1, -0.05) is 32.9 Å². The highest BCUT2D eigenvalue weighted by Gasteiger charge is 2.42. The molecule has 0 radical (unpaired) electrons. The molecule has 2 aromatic carbocycles. The molecule has 0 fully saturated rings. The van der Waals surface area contributed by atoms with Gasteiger partial charge < -0.3 is 23.7 Å². The van der Waals surface area contributed by atoms with E-state index in [1.165, 1.54) is 7.11 Å². The summed E-state index contributed by atoms with van der Waals surface area (Å²) in [5.41, 5.74) is 1.60. The van der Waals surface area contributed by atoms with Gasteiger partial charge in [-0.2, -0.15) is 0 Å². The van der Waals surface area contributed by atoms with Crippen molar-refractivity contribution in [2.24, 2.45) is 0 Å². The Morgan fingerprint density at radius 2 is 1.94 bits per heavy atom. The monoisotopic (exact) mass is 446 g/mol. The summed E-state index contributed by atoms with van der Waals surface area (Å²) in [6, 6.07) is 5.69. The lowest BCUT2D eigenvalue weighted by Gasteiger charge is -2.39. The number of phenols is 1. The number of rotatable bonds is 5. The summed E-state index contributed by atoms with van der Waals surface area (Å²) >= 11 is 0. The number of carbonyl (C=O) groups is 1. The van der Waals surface area contributed by atoms with Gasteiger partial charge in [0.2, 0.25) is 0 Å². The number of phenolic OH excluding ortho intramolecular Hbond substituents is 1. The van der Waals surface area contributed by atoms with Crippen molar-refractivity contribution in [2.75, 3.05) is 14.2 Å². The van der Waals surface area contributed by atoms with Crippen LogP contribution in [-0.4, -0.2) is 39.7 Å². The van der Waals surface area contributed by atoms with Gasteiger partial charge in [-0.15, -0.1) is 0 Å². The summed E-state index contributed by atoms with van der Waals surface area (Å²) in [6.45, 7) is 12.9. The summed E-state index contributed by atoms with van der Waals surface area (Å²) < 4.78 is 23.4. The maximum absolute atomic E-state index is 11.9. The van der Waals surface area contributed by atoms with Crippen LogP contribution in [0.3, 0.4) is 0 Å². The van der Waals surface area contributed by atoms with Crippen LogP contribution in [0.4, 0.5) is 0 Å². The van der Waals surface area contributed by atoms with Crippen LogP contribution < -0.4 is 9.16 Å². The Labute approximate surface area is 185 Å². The van der Waals surface area contributed by atoms with Gasteiger partial charge in [0.1, 0.15) is 17.2 Å². The minimum atomic E-state index is -2.20. The van der Waals surface area contributed by atoms with Crippen molar-refractivity contribution in [2.45, 2.75) is 70.9 Å². The second-order valence-corrected chi connectivity index (χ2v) is 14.4. The van der Waals surface area contributed by atoms with E-state index in [0.717, 1.165) is 16.7 Å². The zero-order valence-electron chi connectivity index (χ0n) is 19.8. The minimum Gasteiger partial charge on any atom is -0.543 e. The number of benzene rings is 2. The fourth-order valence-corrected chi connectivity index (χ4v) is 4.93. The number of carbonyl (C=O) groups excluding carboxylic acids is 1. The molecule has 1 aliphatic heterocycles. The third kappa shape index (κ3) is 4.26. The molecule has 0 amide bonds. The molecule has 7 heteroatoms. The number of methoxy groups -OCH3 is 2. The van der Waals surface area contributed by atoms with Gasteiger partial charge >= 0.3 is 5.97 Å². The highest BCUT2D eigenvalue weighted by molar-refractivity contribution is 6.74. The van der Waals surface area contributed by atoms with Crippen molar-refractivity contribution in [3.63, 3.8) is 0 Å². The first-order valence-electron chi connectivity index (χ1n) is 10.7. The number of aromatic hydroxyl groups is 1. The largest absolute Gasteiger partial charge is 0.543 e. The van der Waals surface area contributed by atoms with Crippen LogP contribution in [0.25, 0.3) is 10.8 Å². The summed E-state index contributed by atoms with van der Waals surface area (Å²) in [4.78, 5) is 11.9. The van der Waals surface area contributed by atoms with Gasteiger partial charge in [0.15, 0.2) is 0 Å². The fourth-order valence-electron chi connectivity index (χ4n) is 3.88. The quantitative estimate of drug-likeness (QED) is 0.483. The van der Waals surface area contributed by atoms with E-state index in [2.05, 4.69) is 33.9 Å². The molecule has 2 atom stereocenters. The lowest BCUT2D eigenvalue weighted by Crippen LogP contribution is -2.44. The van der Waals surface area contributed by atoms with E-state index in [9.17, 15) is 9.90 Å². The Kier molecular flexibility index (Phi) is 6.31. The molecule has 1 heterocycles. The van der Waals surface area contributed by atoms with Gasteiger partial charge in [0.25, 0.3) is 8.32 Å². The SMILES string of the molecule is COC(=O)CC1Cc2c(c(O)c3c(OC)cccc3c2O[Si](C)(C)C(C)(C)C)C(C)O1. The summed E-state index contributed by atoms with van der Waals surface area (Å²) in [7, 11) is 0.762. The molecule has 31 heavy (non-hydrogen) atoms. The van der Waals surface area contributed by atoms with Gasteiger partial charge in [0, 0.05) is 22.9 Å². The lowest BCUT2D eigenvalue weighted by molar-refractivity contribution is -0.145. The molecule has 1 aliphatic rings. The number of esters is 1. The van der Waals surface area contributed by atoms with Gasteiger partial charge in [-0.25, -0.2) is 0 Å². The van der Waals surface area contributed by atoms with E-state index in [4.69, 9.17) is 18.6 Å². The Morgan fingerprint density at radius 3 is 2.52 bits per heavy atom. The molecule has 2 unspecified atom stereocenters. The third-order valence-corrected chi connectivity index (χ3v) is 10.9. The standard InChI is InChI=1S/C24H34O6Si/c1-14-20-17(12-15(29-14)13-19(25)28-6)23(30-31(7,8)24(2,3)4)16-10-9-11-18(27-5)21(16)22(20)26/h9-11,14-15,26H,12-13H2,1-8H3. The minimum absolute atomic E-state index is 0.00877. The smallest absolute Gasteiger partial charge is 0.308 e. The maximum atomic E-state index is 11.9. The predicted octanol–water partition coefficient (Wildman–Crippen LogP) is 5.50. The number of hydrogen-bond donors (Lipinski definition) is 1. The molecule has 0 spiro atoms. The van der Waals surface area contributed by atoms with E-state index in [1.54, 1.807) is 7.11 Å². The molecular weight excluding hydrogens is 412 g/mol. The second kappa shape index (κ2) is 8.35. The number of ether oxygens (including phenoxy) is 3. The zero-order chi connectivity index (χ0) is 23.1. The average molecular weight is 447 g/mol. The predicted molar refractivity (Wildman–Crippen MR) is 124 cm³/mol. The van der Waals surface area contributed by atoms with Gasteiger partial charge in [-0.3, -0.25) is 4.79 Å². The van der Waals surface area contributed by atoms with Crippen molar-refractivity contribution in [3.05, 3.63) is 29.3 Å². The Bertz CT molecular complexity index is 992. The molecule has 1 N–H and O–H groups in total. The normalized spacial score (nSPS) is 19.1. The lowest BCUT2D eigenvalue weighted by atomic mass is 9.88. The van der Waals surface area contributed by atoms with Crippen molar-refractivity contribution in [1.29, 1.82) is 0 Å². The Balaban J connectivity index is 2.28. The van der Waals surface area contributed by atoms with E-state index in [0.29, 0.717) is 23.1 Å².